The molecule has 0 atom stereocenters. The van der Waals surface area contributed by atoms with Crippen molar-refractivity contribution in [3.8, 4) is 0 Å². The van der Waals surface area contributed by atoms with Gasteiger partial charge in [-0.05, 0) is 13.0 Å². The van der Waals surface area contributed by atoms with Crippen molar-refractivity contribution in [1.29, 1.82) is 0 Å². The first-order valence-electron chi connectivity index (χ1n) is 5.35. The Labute approximate surface area is 119 Å². The molecule has 0 aliphatic heterocycles. The van der Waals surface area contributed by atoms with Crippen LogP contribution in [0.1, 0.15) is 6.92 Å². The summed E-state index contributed by atoms with van der Waals surface area (Å²) in [7, 11) is -4.13. The summed E-state index contributed by atoms with van der Waals surface area (Å²) in [6.45, 7) is 1.85. The number of non-ortho nitro benzene ring substituents is 1. The number of carbonyl (C=O) groups excluding carboxylic acids is 1. The van der Waals surface area contributed by atoms with Crippen LogP contribution in [0.5, 0.6) is 0 Å². The van der Waals surface area contributed by atoms with Gasteiger partial charge in [-0.1, -0.05) is 0 Å². The van der Waals surface area contributed by atoms with Crippen LogP contribution in [0, 0.1) is 10.1 Å². The fourth-order valence-corrected chi connectivity index (χ4v) is 3.17. The van der Waals surface area contributed by atoms with Crippen molar-refractivity contribution in [3.63, 3.8) is 0 Å². The van der Waals surface area contributed by atoms with Crippen LogP contribution in [-0.4, -0.2) is 31.7 Å². The average Bonchev–Trinajstić information content (AvgIpc) is 2.35. The zero-order chi connectivity index (χ0) is 15.3. The highest BCUT2D eigenvalue weighted by molar-refractivity contribution is 8.00. The van der Waals surface area contributed by atoms with E-state index in [1.165, 1.54) is 6.07 Å². The van der Waals surface area contributed by atoms with Crippen LogP contribution in [0.15, 0.2) is 28.0 Å². The molecule has 0 radical (unpaired) electrons. The molecule has 8 nitrogen and oxygen atoms in total. The molecule has 0 aromatic heterocycles. The first-order chi connectivity index (χ1) is 9.25. The van der Waals surface area contributed by atoms with Crippen molar-refractivity contribution in [2.75, 3.05) is 12.4 Å². The number of benzene rings is 1. The Morgan fingerprint density at radius 1 is 1.50 bits per heavy atom. The monoisotopic (exact) mass is 320 g/mol. The molecule has 0 bridgehead atoms. The van der Waals surface area contributed by atoms with Gasteiger partial charge >= 0.3 is 5.97 Å². The molecule has 0 saturated carbocycles. The molecular formula is C10H12N2O6S2. The fourth-order valence-electron chi connectivity index (χ4n) is 1.29. The summed E-state index contributed by atoms with van der Waals surface area (Å²) in [5, 5.41) is 15.6. The van der Waals surface area contributed by atoms with Crippen molar-refractivity contribution in [1.82, 2.24) is 0 Å². The highest BCUT2D eigenvalue weighted by Crippen LogP contribution is 2.29. The standard InChI is InChI=1S/C10H12N2O6S2/c1-2-18-10(13)6-19-8-4-3-7(12(14)15)5-9(8)20(11,16)17/h3-5H,2,6H2,1H3,(H2,11,16,17). The van der Waals surface area contributed by atoms with Crippen LogP contribution in [0.3, 0.4) is 0 Å². The first kappa shape index (κ1) is 16.4. The topological polar surface area (TPSA) is 130 Å². The number of primary sulfonamides is 1. The van der Waals surface area contributed by atoms with E-state index in [0.29, 0.717) is 0 Å². The van der Waals surface area contributed by atoms with Gasteiger partial charge in [-0.3, -0.25) is 14.9 Å². The van der Waals surface area contributed by atoms with Crippen molar-refractivity contribution in [2.24, 2.45) is 5.14 Å². The van der Waals surface area contributed by atoms with Crippen molar-refractivity contribution < 1.29 is 22.9 Å². The molecule has 0 saturated heterocycles. The zero-order valence-corrected chi connectivity index (χ0v) is 12.1. The maximum atomic E-state index is 11.4. The molecule has 0 amide bonds. The Balaban J connectivity index is 3.07. The number of hydrogen-bond acceptors (Lipinski definition) is 7. The van der Waals surface area contributed by atoms with Gasteiger partial charge in [0.1, 0.15) is 4.90 Å². The summed E-state index contributed by atoms with van der Waals surface area (Å²) in [5.41, 5.74) is -0.394. The third kappa shape index (κ3) is 4.47. The predicted molar refractivity (Wildman–Crippen MR) is 71.8 cm³/mol. The molecule has 20 heavy (non-hydrogen) atoms. The maximum absolute atomic E-state index is 11.4. The fraction of sp³-hybridized carbons (Fsp3) is 0.300. The van der Waals surface area contributed by atoms with Crippen molar-refractivity contribution in [2.45, 2.75) is 16.7 Å². The Morgan fingerprint density at radius 2 is 2.15 bits per heavy atom. The van der Waals surface area contributed by atoms with E-state index in [1.807, 2.05) is 0 Å². The number of carbonyl (C=O) groups is 1. The summed E-state index contributed by atoms with van der Waals surface area (Å²) < 4.78 is 27.6. The molecule has 0 spiro atoms. The van der Waals surface area contributed by atoms with Gasteiger partial charge in [-0.25, -0.2) is 13.6 Å². The van der Waals surface area contributed by atoms with Crippen LogP contribution in [-0.2, 0) is 19.6 Å². The van der Waals surface area contributed by atoms with Crippen LogP contribution in [0.25, 0.3) is 0 Å². The van der Waals surface area contributed by atoms with Crippen LogP contribution >= 0.6 is 11.8 Å². The minimum absolute atomic E-state index is 0.117. The summed E-state index contributed by atoms with van der Waals surface area (Å²) >= 11 is 0.886. The number of ether oxygens (including phenoxy) is 1. The molecule has 0 heterocycles. The Bertz CT molecular complexity index is 629. The third-order valence-corrected chi connectivity index (χ3v) is 4.22. The van der Waals surface area contributed by atoms with Gasteiger partial charge in [0.2, 0.25) is 10.0 Å². The number of esters is 1. The lowest BCUT2D eigenvalue weighted by atomic mass is 10.3. The van der Waals surface area contributed by atoms with E-state index in [4.69, 9.17) is 9.88 Å². The van der Waals surface area contributed by atoms with Gasteiger partial charge in [0.15, 0.2) is 0 Å². The van der Waals surface area contributed by atoms with Gasteiger partial charge in [0.05, 0.1) is 17.3 Å². The number of nitrogens with two attached hydrogens (primary N) is 1. The molecule has 0 unspecified atom stereocenters. The van der Waals surface area contributed by atoms with Gasteiger partial charge in [0, 0.05) is 17.0 Å². The molecular weight excluding hydrogens is 308 g/mol. The summed E-state index contributed by atoms with van der Waals surface area (Å²) in [6.07, 6.45) is 0. The van der Waals surface area contributed by atoms with E-state index in [9.17, 15) is 23.3 Å². The second-order valence-electron chi connectivity index (χ2n) is 3.53. The Kier molecular flexibility index (Phi) is 5.48. The molecule has 110 valence electrons. The van der Waals surface area contributed by atoms with Gasteiger partial charge in [-0.2, -0.15) is 0 Å². The zero-order valence-electron chi connectivity index (χ0n) is 10.4. The van der Waals surface area contributed by atoms with Crippen molar-refractivity contribution in [3.05, 3.63) is 28.3 Å². The number of hydrogen-bond donors (Lipinski definition) is 1. The van der Waals surface area contributed by atoms with Gasteiger partial charge in [-0.15, -0.1) is 11.8 Å². The van der Waals surface area contributed by atoms with Gasteiger partial charge < -0.3 is 4.74 Å². The quantitative estimate of drug-likeness (QED) is 0.356. The molecule has 0 aliphatic carbocycles. The summed E-state index contributed by atoms with van der Waals surface area (Å²) in [4.78, 5) is 20.9. The molecule has 1 rings (SSSR count). The van der Waals surface area contributed by atoms with E-state index in [-0.39, 0.29) is 22.2 Å². The van der Waals surface area contributed by atoms with E-state index >= 15 is 0 Å². The second-order valence-corrected chi connectivity index (χ2v) is 6.07. The Morgan fingerprint density at radius 3 is 2.65 bits per heavy atom. The number of rotatable bonds is 6. The largest absolute Gasteiger partial charge is 0.465 e. The van der Waals surface area contributed by atoms with Crippen molar-refractivity contribution >= 4 is 33.4 Å². The molecule has 0 fully saturated rings. The lowest BCUT2D eigenvalue weighted by Gasteiger charge is -2.07. The van der Waals surface area contributed by atoms with E-state index in [0.717, 1.165) is 23.9 Å². The normalized spacial score (nSPS) is 11.1. The number of nitro groups is 1. The van der Waals surface area contributed by atoms with Crippen LogP contribution in [0.2, 0.25) is 0 Å². The smallest absolute Gasteiger partial charge is 0.316 e. The van der Waals surface area contributed by atoms with Crippen LogP contribution in [0.4, 0.5) is 5.69 Å². The highest BCUT2D eigenvalue weighted by Gasteiger charge is 2.20. The molecule has 10 heteroatoms. The lowest BCUT2D eigenvalue weighted by Crippen LogP contribution is -2.14. The Hall–Kier alpha value is -1.65. The maximum Gasteiger partial charge on any atom is 0.316 e. The van der Waals surface area contributed by atoms with E-state index in [2.05, 4.69) is 0 Å². The summed E-state index contributed by atoms with van der Waals surface area (Å²) in [5.74, 6) is -0.634. The van der Waals surface area contributed by atoms with E-state index < -0.39 is 26.6 Å². The van der Waals surface area contributed by atoms with Crippen LogP contribution < -0.4 is 5.14 Å². The number of nitrogens with zero attached hydrogens (tertiary/aromatic N) is 1. The number of sulfonamides is 1. The van der Waals surface area contributed by atoms with E-state index in [1.54, 1.807) is 6.92 Å². The summed E-state index contributed by atoms with van der Waals surface area (Å²) in [6, 6.07) is 3.24. The number of nitro benzene ring substituents is 1. The third-order valence-electron chi connectivity index (χ3n) is 2.10. The molecule has 0 aliphatic rings. The molecule has 1 aromatic rings. The number of thioether (sulfide) groups is 1. The SMILES string of the molecule is CCOC(=O)CSc1ccc([N+](=O)[O-])cc1S(N)(=O)=O. The highest BCUT2D eigenvalue weighted by atomic mass is 32.2. The molecule has 2 N–H and O–H groups in total. The lowest BCUT2D eigenvalue weighted by molar-refractivity contribution is -0.385. The predicted octanol–water partition coefficient (Wildman–Crippen LogP) is 0.897. The van der Waals surface area contributed by atoms with Gasteiger partial charge in [0.25, 0.3) is 5.69 Å². The minimum Gasteiger partial charge on any atom is -0.465 e. The first-order valence-corrected chi connectivity index (χ1v) is 7.88. The second kappa shape index (κ2) is 6.68. The molecule has 1 aromatic carbocycles. The average molecular weight is 320 g/mol. The minimum atomic E-state index is -4.13.